The van der Waals surface area contributed by atoms with Crippen LogP contribution < -0.4 is 19.5 Å². The SMILES string of the molecule is CCNC(=NCc1cc(OC)c(OC)cc1OC)N(C)CC1CCOC1. The van der Waals surface area contributed by atoms with Gasteiger partial charge in [-0.3, -0.25) is 0 Å². The topological polar surface area (TPSA) is 64.6 Å². The molecular weight excluding hydrogens is 334 g/mol. The molecule has 1 aliphatic rings. The van der Waals surface area contributed by atoms with Crippen molar-refractivity contribution >= 4 is 5.96 Å². The molecule has 1 unspecified atom stereocenters. The molecule has 1 fully saturated rings. The third-order valence-corrected chi connectivity index (χ3v) is 4.44. The zero-order chi connectivity index (χ0) is 18.9. The van der Waals surface area contributed by atoms with Crippen molar-refractivity contribution in [3.63, 3.8) is 0 Å². The van der Waals surface area contributed by atoms with Crippen LogP contribution in [-0.4, -0.2) is 65.5 Å². The van der Waals surface area contributed by atoms with Crippen LogP contribution in [0.4, 0.5) is 0 Å². The molecule has 0 saturated carbocycles. The van der Waals surface area contributed by atoms with Crippen molar-refractivity contribution in [2.75, 3.05) is 54.7 Å². The van der Waals surface area contributed by atoms with Gasteiger partial charge in [0.05, 0.1) is 34.5 Å². The van der Waals surface area contributed by atoms with Crippen LogP contribution in [0.15, 0.2) is 17.1 Å². The Morgan fingerprint density at radius 3 is 2.46 bits per heavy atom. The van der Waals surface area contributed by atoms with Gasteiger partial charge < -0.3 is 29.2 Å². The number of benzene rings is 1. The molecule has 7 nitrogen and oxygen atoms in total. The summed E-state index contributed by atoms with van der Waals surface area (Å²) in [5, 5.41) is 3.35. The number of nitrogens with one attached hydrogen (secondary N) is 1. The molecule has 1 saturated heterocycles. The highest BCUT2D eigenvalue weighted by atomic mass is 16.5. The first kappa shape index (κ1) is 20.2. The molecule has 2 rings (SSSR count). The van der Waals surface area contributed by atoms with Gasteiger partial charge in [-0.1, -0.05) is 0 Å². The third kappa shape index (κ3) is 5.17. The first-order valence-corrected chi connectivity index (χ1v) is 8.99. The molecule has 1 atom stereocenters. The van der Waals surface area contributed by atoms with Gasteiger partial charge >= 0.3 is 0 Å². The molecule has 1 N–H and O–H groups in total. The summed E-state index contributed by atoms with van der Waals surface area (Å²) in [4.78, 5) is 6.94. The van der Waals surface area contributed by atoms with Crippen molar-refractivity contribution in [1.82, 2.24) is 10.2 Å². The van der Waals surface area contributed by atoms with Crippen LogP contribution in [0.1, 0.15) is 18.9 Å². The predicted molar refractivity (Wildman–Crippen MR) is 102 cm³/mol. The largest absolute Gasteiger partial charge is 0.496 e. The molecule has 7 heteroatoms. The van der Waals surface area contributed by atoms with Gasteiger partial charge in [-0.05, 0) is 19.4 Å². The lowest BCUT2D eigenvalue weighted by Crippen LogP contribution is -2.41. The number of nitrogens with zero attached hydrogens (tertiary/aromatic N) is 2. The molecule has 26 heavy (non-hydrogen) atoms. The van der Waals surface area contributed by atoms with Crippen molar-refractivity contribution in [3.8, 4) is 17.2 Å². The summed E-state index contributed by atoms with van der Waals surface area (Å²) in [6.45, 7) is 5.97. The molecule has 0 spiro atoms. The van der Waals surface area contributed by atoms with Gasteiger partial charge in [0.2, 0.25) is 0 Å². The van der Waals surface area contributed by atoms with Crippen LogP contribution in [0.5, 0.6) is 17.2 Å². The second kappa shape index (κ2) is 10.1. The maximum absolute atomic E-state index is 5.49. The highest BCUT2D eigenvalue weighted by molar-refractivity contribution is 5.79. The minimum Gasteiger partial charge on any atom is -0.496 e. The maximum Gasteiger partial charge on any atom is 0.193 e. The van der Waals surface area contributed by atoms with Crippen molar-refractivity contribution < 1.29 is 18.9 Å². The monoisotopic (exact) mass is 365 g/mol. The molecular formula is C19H31N3O4. The van der Waals surface area contributed by atoms with E-state index in [9.17, 15) is 0 Å². The Morgan fingerprint density at radius 2 is 1.88 bits per heavy atom. The highest BCUT2D eigenvalue weighted by Crippen LogP contribution is 2.34. The van der Waals surface area contributed by atoms with Gasteiger partial charge in [-0.25, -0.2) is 4.99 Å². The van der Waals surface area contributed by atoms with Crippen LogP contribution in [-0.2, 0) is 11.3 Å². The lowest BCUT2D eigenvalue weighted by molar-refractivity contribution is 0.181. The number of rotatable bonds is 8. The smallest absolute Gasteiger partial charge is 0.193 e. The second-order valence-corrected chi connectivity index (χ2v) is 6.30. The molecule has 0 aromatic heterocycles. The van der Waals surface area contributed by atoms with E-state index in [0.717, 1.165) is 50.0 Å². The fraction of sp³-hybridized carbons (Fsp3) is 0.632. The second-order valence-electron chi connectivity index (χ2n) is 6.30. The number of ether oxygens (including phenoxy) is 4. The number of hydrogen-bond donors (Lipinski definition) is 1. The minimum atomic E-state index is 0.483. The molecule has 1 heterocycles. The summed E-state index contributed by atoms with van der Waals surface area (Å²) >= 11 is 0. The lowest BCUT2D eigenvalue weighted by Gasteiger charge is -2.24. The molecule has 0 amide bonds. The predicted octanol–water partition coefficient (Wildman–Crippen LogP) is 2.15. The zero-order valence-corrected chi connectivity index (χ0v) is 16.5. The van der Waals surface area contributed by atoms with Crippen molar-refractivity contribution in [2.45, 2.75) is 19.9 Å². The van der Waals surface area contributed by atoms with E-state index in [0.29, 0.717) is 24.0 Å². The van der Waals surface area contributed by atoms with Crippen molar-refractivity contribution in [2.24, 2.45) is 10.9 Å². The first-order chi connectivity index (χ1) is 12.6. The summed E-state index contributed by atoms with van der Waals surface area (Å²) in [6.07, 6.45) is 1.10. The molecule has 0 bridgehead atoms. The van der Waals surface area contributed by atoms with Crippen LogP contribution in [0.25, 0.3) is 0 Å². The van der Waals surface area contributed by atoms with E-state index in [1.807, 2.05) is 12.1 Å². The third-order valence-electron chi connectivity index (χ3n) is 4.44. The molecule has 1 aromatic rings. The highest BCUT2D eigenvalue weighted by Gasteiger charge is 2.19. The maximum atomic E-state index is 5.49. The average Bonchev–Trinajstić information content (AvgIpc) is 3.17. The zero-order valence-electron chi connectivity index (χ0n) is 16.5. The van der Waals surface area contributed by atoms with Crippen molar-refractivity contribution in [1.29, 1.82) is 0 Å². The summed E-state index contributed by atoms with van der Waals surface area (Å²) in [6, 6.07) is 3.74. The summed E-state index contributed by atoms with van der Waals surface area (Å²) < 4.78 is 21.7. The number of hydrogen-bond acceptors (Lipinski definition) is 5. The van der Waals surface area contributed by atoms with Gasteiger partial charge in [0.1, 0.15) is 5.75 Å². The van der Waals surface area contributed by atoms with Gasteiger partial charge in [-0.15, -0.1) is 0 Å². The Kier molecular flexibility index (Phi) is 7.84. The Balaban J connectivity index is 2.16. The Labute approximate surface area is 156 Å². The molecule has 0 radical (unpaired) electrons. The number of aliphatic imine (C=N–C) groups is 1. The van der Waals surface area contributed by atoms with Gasteiger partial charge in [0.25, 0.3) is 0 Å². The first-order valence-electron chi connectivity index (χ1n) is 8.99. The average molecular weight is 365 g/mol. The van der Waals surface area contributed by atoms with E-state index < -0.39 is 0 Å². The van der Waals surface area contributed by atoms with E-state index in [1.54, 1.807) is 21.3 Å². The van der Waals surface area contributed by atoms with Crippen LogP contribution in [0, 0.1) is 5.92 Å². The lowest BCUT2D eigenvalue weighted by atomic mass is 10.1. The Hall–Kier alpha value is -2.15. The molecule has 146 valence electrons. The summed E-state index contributed by atoms with van der Waals surface area (Å²) in [5.41, 5.74) is 0.943. The molecule has 1 aliphatic heterocycles. The summed E-state index contributed by atoms with van der Waals surface area (Å²) in [5.74, 6) is 3.46. The van der Waals surface area contributed by atoms with E-state index >= 15 is 0 Å². The fourth-order valence-corrected chi connectivity index (χ4v) is 3.05. The van der Waals surface area contributed by atoms with Crippen molar-refractivity contribution in [3.05, 3.63) is 17.7 Å². The van der Waals surface area contributed by atoms with Gasteiger partial charge in [-0.2, -0.15) is 0 Å². The summed E-state index contributed by atoms with van der Waals surface area (Å²) in [7, 11) is 6.94. The van der Waals surface area contributed by atoms with E-state index in [1.165, 1.54) is 0 Å². The van der Waals surface area contributed by atoms with E-state index in [2.05, 4.69) is 24.2 Å². The van der Waals surface area contributed by atoms with Crippen LogP contribution >= 0.6 is 0 Å². The van der Waals surface area contributed by atoms with E-state index in [-0.39, 0.29) is 0 Å². The number of methoxy groups -OCH3 is 3. The molecule has 0 aliphatic carbocycles. The Morgan fingerprint density at radius 1 is 1.19 bits per heavy atom. The minimum absolute atomic E-state index is 0.483. The fourth-order valence-electron chi connectivity index (χ4n) is 3.05. The van der Waals surface area contributed by atoms with Gasteiger partial charge in [0.15, 0.2) is 17.5 Å². The molecule has 1 aromatic carbocycles. The quantitative estimate of drug-likeness (QED) is 0.563. The number of guanidine groups is 1. The van der Waals surface area contributed by atoms with Gasteiger partial charge in [0, 0.05) is 44.3 Å². The normalized spacial score (nSPS) is 17.1. The van der Waals surface area contributed by atoms with Crippen LogP contribution in [0.2, 0.25) is 0 Å². The van der Waals surface area contributed by atoms with E-state index in [4.69, 9.17) is 23.9 Å². The standard InChI is InChI=1S/C19H31N3O4/c1-6-20-19(22(2)12-14-7-8-26-13-14)21-11-15-9-17(24-4)18(25-5)10-16(15)23-3/h9-10,14H,6-8,11-13H2,1-5H3,(H,20,21). The Bertz CT molecular complexity index is 601. The van der Waals surface area contributed by atoms with Crippen LogP contribution in [0.3, 0.4) is 0 Å².